The van der Waals surface area contributed by atoms with Crippen molar-refractivity contribution in [2.75, 3.05) is 0 Å². The first kappa shape index (κ1) is 15.6. The Balaban J connectivity index is 2.09. The minimum atomic E-state index is -0.863. The van der Waals surface area contributed by atoms with Crippen molar-refractivity contribution in [3.8, 4) is 11.8 Å². The van der Waals surface area contributed by atoms with E-state index in [-0.39, 0.29) is 0 Å². The number of rotatable bonds is 2. The molecule has 0 spiro atoms. The van der Waals surface area contributed by atoms with E-state index in [1.165, 1.54) is 38.5 Å². The minimum Gasteiger partial charge on any atom is -0.378 e. The molecule has 1 saturated carbocycles. The molecule has 0 heterocycles. The maximum Gasteiger partial charge on any atom is 0.119 e. The number of fused-ring (bicyclic) bond motifs is 1. The molecule has 2 aliphatic rings. The Kier molecular flexibility index (Phi) is 4.65. The third kappa shape index (κ3) is 3.47. The van der Waals surface area contributed by atoms with E-state index in [1.54, 1.807) is 19.4 Å². The third-order valence-electron chi connectivity index (χ3n) is 5.27. The monoisotopic (exact) mass is 274 g/mol. The first-order valence-corrected chi connectivity index (χ1v) is 8.26. The summed E-state index contributed by atoms with van der Waals surface area (Å²) in [5.74, 6) is 7.56. The van der Waals surface area contributed by atoms with Crippen LogP contribution in [0.5, 0.6) is 0 Å². The Bertz CT molecular complexity index is 429. The molecule has 0 unspecified atom stereocenters. The predicted molar refractivity (Wildman–Crippen MR) is 85.2 cm³/mol. The molecule has 2 aliphatic carbocycles. The highest BCUT2D eigenvalue weighted by Gasteiger charge is 2.42. The Morgan fingerprint density at radius 1 is 1.40 bits per heavy atom. The molecule has 0 aromatic heterocycles. The zero-order chi connectivity index (χ0) is 14.8. The van der Waals surface area contributed by atoms with Crippen LogP contribution in [0.15, 0.2) is 11.6 Å². The summed E-state index contributed by atoms with van der Waals surface area (Å²) >= 11 is 0. The lowest BCUT2D eigenvalue weighted by atomic mass is 9.57. The van der Waals surface area contributed by atoms with Crippen molar-refractivity contribution in [2.45, 2.75) is 78.2 Å². The molecule has 0 aliphatic heterocycles. The van der Waals surface area contributed by atoms with Crippen LogP contribution < -0.4 is 0 Å². The van der Waals surface area contributed by atoms with E-state index >= 15 is 0 Å². The van der Waals surface area contributed by atoms with E-state index in [0.717, 1.165) is 12.3 Å². The standard InChI is InChI=1S/C19H30O/c1-15(9-8-13-18(2,3)20)17-12-7-11-16-10-5-6-14-19(16,17)4/h12,15-16,20H,5-7,9-11,14H2,1-4H3/t15-,16-,19+/m1/s1. The van der Waals surface area contributed by atoms with E-state index in [0.29, 0.717) is 11.3 Å². The second-order valence-electron chi connectivity index (χ2n) is 7.56. The number of aliphatic hydroxyl groups is 1. The van der Waals surface area contributed by atoms with Gasteiger partial charge in [-0.2, -0.15) is 0 Å². The van der Waals surface area contributed by atoms with Gasteiger partial charge in [-0.25, -0.2) is 0 Å². The van der Waals surface area contributed by atoms with Crippen LogP contribution >= 0.6 is 0 Å². The maximum atomic E-state index is 9.69. The van der Waals surface area contributed by atoms with Crippen LogP contribution in [0.2, 0.25) is 0 Å². The number of hydrogen-bond acceptors (Lipinski definition) is 1. The average molecular weight is 274 g/mol. The van der Waals surface area contributed by atoms with Crippen LogP contribution in [-0.2, 0) is 0 Å². The van der Waals surface area contributed by atoms with Crippen LogP contribution in [0, 0.1) is 29.1 Å². The molecule has 1 N–H and O–H groups in total. The lowest BCUT2D eigenvalue weighted by Crippen LogP contribution is -2.37. The molecule has 0 aromatic carbocycles. The quantitative estimate of drug-likeness (QED) is 0.571. The zero-order valence-corrected chi connectivity index (χ0v) is 13.6. The first-order chi connectivity index (χ1) is 9.33. The lowest BCUT2D eigenvalue weighted by Gasteiger charge is -2.48. The SMILES string of the molecule is C[C@H](CC#CC(C)(C)O)C1=CCC[C@H]2CCCC[C@]12C. The zero-order valence-electron chi connectivity index (χ0n) is 13.6. The molecule has 0 radical (unpaired) electrons. The molecule has 0 bridgehead atoms. The van der Waals surface area contributed by atoms with Crippen molar-refractivity contribution >= 4 is 0 Å². The van der Waals surface area contributed by atoms with Gasteiger partial charge in [0.2, 0.25) is 0 Å². The summed E-state index contributed by atoms with van der Waals surface area (Å²) < 4.78 is 0. The van der Waals surface area contributed by atoms with E-state index < -0.39 is 5.60 Å². The third-order valence-corrected chi connectivity index (χ3v) is 5.27. The van der Waals surface area contributed by atoms with Gasteiger partial charge in [-0.1, -0.05) is 50.2 Å². The first-order valence-electron chi connectivity index (χ1n) is 8.26. The Hall–Kier alpha value is -0.740. The van der Waals surface area contributed by atoms with Crippen molar-refractivity contribution in [3.05, 3.63) is 11.6 Å². The second kappa shape index (κ2) is 5.94. The Morgan fingerprint density at radius 2 is 2.15 bits per heavy atom. The van der Waals surface area contributed by atoms with Crippen molar-refractivity contribution in [1.29, 1.82) is 0 Å². The van der Waals surface area contributed by atoms with Crippen molar-refractivity contribution in [2.24, 2.45) is 17.3 Å². The Labute approximate surface area is 124 Å². The summed E-state index contributed by atoms with van der Waals surface area (Å²) in [5.41, 5.74) is 1.21. The fourth-order valence-electron chi connectivity index (χ4n) is 4.22. The van der Waals surface area contributed by atoms with Crippen LogP contribution in [0.4, 0.5) is 0 Å². The smallest absolute Gasteiger partial charge is 0.119 e. The molecular formula is C19H30O. The molecule has 1 fully saturated rings. The van der Waals surface area contributed by atoms with Crippen molar-refractivity contribution in [3.63, 3.8) is 0 Å². The van der Waals surface area contributed by atoms with Crippen LogP contribution in [0.1, 0.15) is 72.6 Å². The topological polar surface area (TPSA) is 20.2 Å². The van der Waals surface area contributed by atoms with Gasteiger partial charge in [-0.05, 0) is 56.8 Å². The Morgan fingerprint density at radius 3 is 2.85 bits per heavy atom. The normalized spacial score (nSPS) is 31.6. The van der Waals surface area contributed by atoms with Gasteiger partial charge in [0.1, 0.15) is 5.60 Å². The minimum absolute atomic E-state index is 0.423. The molecule has 0 aromatic rings. The van der Waals surface area contributed by atoms with Crippen molar-refractivity contribution < 1.29 is 5.11 Å². The molecule has 0 saturated heterocycles. The predicted octanol–water partition coefficient (Wildman–Crippen LogP) is 4.70. The second-order valence-corrected chi connectivity index (χ2v) is 7.56. The van der Waals surface area contributed by atoms with E-state index in [4.69, 9.17) is 0 Å². The highest BCUT2D eigenvalue weighted by Crippen LogP contribution is 2.53. The van der Waals surface area contributed by atoms with Gasteiger partial charge in [0, 0.05) is 6.42 Å². The van der Waals surface area contributed by atoms with E-state index in [9.17, 15) is 5.11 Å². The average Bonchev–Trinajstić information content (AvgIpc) is 2.35. The van der Waals surface area contributed by atoms with Crippen LogP contribution in [0.25, 0.3) is 0 Å². The van der Waals surface area contributed by atoms with E-state index in [1.807, 2.05) is 0 Å². The van der Waals surface area contributed by atoms with Gasteiger partial charge in [-0.3, -0.25) is 0 Å². The van der Waals surface area contributed by atoms with Gasteiger partial charge in [0.05, 0.1) is 0 Å². The molecule has 1 heteroatoms. The number of allylic oxidation sites excluding steroid dienone is 2. The largest absolute Gasteiger partial charge is 0.378 e. The highest BCUT2D eigenvalue weighted by atomic mass is 16.3. The van der Waals surface area contributed by atoms with Crippen molar-refractivity contribution in [1.82, 2.24) is 0 Å². The summed E-state index contributed by atoms with van der Waals surface area (Å²) in [7, 11) is 0. The van der Waals surface area contributed by atoms with Crippen LogP contribution in [0.3, 0.4) is 0 Å². The molecule has 0 amide bonds. The molecular weight excluding hydrogens is 244 g/mol. The maximum absolute atomic E-state index is 9.69. The van der Waals surface area contributed by atoms with Gasteiger partial charge < -0.3 is 5.11 Å². The van der Waals surface area contributed by atoms with Gasteiger partial charge in [-0.15, -0.1) is 0 Å². The summed E-state index contributed by atoms with van der Waals surface area (Å²) in [5, 5.41) is 9.69. The fourth-order valence-corrected chi connectivity index (χ4v) is 4.22. The van der Waals surface area contributed by atoms with E-state index in [2.05, 4.69) is 31.8 Å². The lowest BCUT2D eigenvalue weighted by molar-refractivity contribution is 0.125. The molecule has 20 heavy (non-hydrogen) atoms. The summed E-state index contributed by atoms with van der Waals surface area (Å²) in [6, 6.07) is 0. The van der Waals surface area contributed by atoms with Gasteiger partial charge in [0.25, 0.3) is 0 Å². The van der Waals surface area contributed by atoms with Gasteiger partial charge in [0.15, 0.2) is 0 Å². The summed E-state index contributed by atoms with van der Waals surface area (Å²) in [4.78, 5) is 0. The van der Waals surface area contributed by atoms with Crippen LogP contribution in [-0.4, -0.2) is 10.7 Å². The molecule has 2 rings (SSSR count). The molecule has 1 nitrogen and oxygen atoms in total. The molecule has 112 valence electrons. The summed E-state index contributed by atoms with van der Waals surface area (Å²) in [6.45, 7) is 8.31. The van der Waals surface area contributed by atoms with Gasteiger partial charge >= 0.3 is 0 Å². The molecule has 3 atom stereocenters. The fraction of sp³-hybridized carbons (Fsp3) is 0.789. The number of hydrogen-bond donors (Lipinski definition) is 1. The summed E-state index contributed by atoms with van der Waals surface area (Å²) in [6.07, 6.45) is 11.6. The highest BCUT2D eigenvalue weighted by molar-refractivity contribution is 5.24.